The van der Waals surface area contributed by atoms with Crippen molar-refractivity contribution >= 4 is 27.4 Å². The molecule has 2 rings (SSSR count). The van der Waals surface area contributed by atoms with Gasteiger partial charge >= 0.3 is 0 Å². The third-order valence-electron chi connectivity index (χ3n) is 3.95. The van der Waals surface area contributed by atoms with Crippen LogP contribution in [0.15, 0.2) is 17.2 Å². The molecule has 1 fully saturated rings. The molecule has 0 spiro atoms. The van der Waals surface area contributed by atoms with E-state index in [0.717, 1.165) is 25.7 Å². The summed E-state index contributed by atoms with van der Waals surface area (Å²) in [5.74, 6) is 0.483. The molecular formula is C14H22ClN3O2S. The maximum atomic E-state index is 12.8. The van der Waals surface area contributed by atoms with Crippen LogP contribution >= 0.6 is 11.6 Å². The van der Waals surface area contributed by atoms with Crippen molar-refractivity contribution < 1.29 is 8.42 Å². The Morgan fingerprint density at radius 2 is 2.05 bits per heavy atom. The molecule has 0 saturated heterocycles. The SMILES string of the molecule is CCN(C1CCCCC1)S(=O)(=O)c1cnc(NC)c(Cl)c1. The van der Waals surface area contributed by atoms with Crippen LogP contribution in [0.1, 0.15) is 39.0 Å². The highest BCUT2D eigenvalue weighted by Crippen LogP contribution is 2.29. The first-order chi connectivity index (χ1) is 10.0. The van der Waals surface area contributed by atoms with Gasteiger partial charge in [0.15, 0.2) is 0 Å². The van der Waals surface area contributed by atoms with Crippen LogP contribution in [0.2, 0.25) is 5.02 Å². The summed E-state index contributed by atoms with van der Waals surface area (Å²) in [7, 11) is -1.84. The van der Waals surface area contributed by atoms with Crippen LogP contribution in [0.4, 0.5) is 5.82 Å². The van der Waals surface area contributed by atoms with Gasteiger partial charge in [0.05, 0.1) is 5.02 Å². The number of anilines is 1. The van der Waals surface area contributed by atoms with Gasteiger partial charge in [-0.3, -0.25) is 0 Å². The number of pyridine rings is 1. The van der Waals surface area contributed by atoms with Gasteiger partial charge in [-0.2, -0.15) is 4.31 Å². The molecule has 1 heterocycles. The summed E-state index contributed by atoms with van der Waals surface area (Å²) in [5, 5.41) is 3.15. The van der Waals surface area contributed by atoms with Gasteiger partial charge in [-0.05, 0) is 18.9 Å². The molecule has 0 amide bonds. The van der Waals surface area contributed by atoms with Crippen LogP contribution in [0.3, 0.4) is 0 Å². The van der Waals surface area contributed by atoms with E-state index < -0.39 is 10.0 Å². The monoisotopic (exact) mass is 331 g/mol. The van der Waals surface area contributed by atoms with Crippen molar-refractivity contribution in [3.05, 3.63) is 17.3 Å². The number of nitrogens with zero attached hydrogens (tertiary/aromatic N) is 2. The molecule has 1 saturated carbocycles. The van der Waals surface area contributed by atoms with Gasteiger partial charge in [0, 0.05) is 25.8 Å². The molecule has 1 N–H and O–H groups in total. The lowest BCUT2D eigenvalue weighted by atomic mass is 9.95. The third kappa shape index (κ3) is 3.49. The van der Waals surface area contributed by atoms with Crippen molar-refractivity contribution in [2.45, 2.75) is 50.0 Å². The third-order valence-corrected chi connectivity index (χ3v) is 6.23. The number of rotatable bonds is 5. The van der Waals surface area contributed by atoms with Gasteiger partial charge in [-0.1, -0.05) is 37.8 Å². The average Bonchev–Trinajstić information content (AvgIpc) is 2.48. The predicted octanol–water partition coefficient (Wildman–Crippen LogP) is 3.12. The van der Waals surface area contributed by atoms with E-state index in [1.54, 1.807) is 11.4 Å². The first kappa shape index (κ1) is 16.5. The molecule has 21 heavy (non-hydrogen) atoms. The lowest BCUT2D eigenvalue weighted by molar-refractivity contribution is 0.261. The lowest BCUT2D eigenvalue weighted by Crippen LogP contribution is -2.41. The van der Waals surface area contributed by atoms with Crippen LogP contribution in [0.25, 0.3) is 0 Å². The van der Waals surface area contributed by atoms with Gasteiger partial charge < -0.3 is 5.32 Å². The van der Waals surface area contributed by atoms with Crippen molar-refractivity contribution in [2.75, 3.05) is 18.9 Å². The second-order valence-electron chi connectivity index (χ2n) is 5.25. The maximum Gasteiger partial charge on any atom is 0.244 e. The van der Waals surface area contributed by atoms with Crippen LogP contribution < -0.4 is 5.32 Å². The van der Waals surface area contributed by atoms with Gasteiger partial charge in [0.1, 0.15) is 10.7 Å². The Morgan fingerprint density at radius 3 is 2.57 bits per heavy atom. The van der Waals surface area contributed by atoms with Crippen molar-refractivity contribution in [3.63, 3.8) is 0 Å². The van der Waals surface area contributed by atoms with Crippen LogP contribution in [-0.4, -0.2) is 37.3 Å². The zero-order valence-corrected chi connectivity index (χ0v) is 14.0. The molecule has 0 bridgehead atoms. The number of hydrogen-bond acceptors (Lipinski definition) is 4. The molecule has 0 aromatic carbocycles. The van der Waals surface area contributed by atoms with E-state index in [-0.39, 0.29) is 10.9 Å². The molecule has 0 atom stereocenters. The summed E-state index contributed by atoms with van der Waals surface area (Å²) in [6.45, 7) is 2.35. The second-order valence-corrected chi connectivity index (χ2v) is 7.55. The van der Waals surface area contributed by atoms with E-state index >= 15 is 0 Å². The fourth-order valence-electron chi connectivity index (χ4n) is 2.87. The molecule has 118 valence electrons. The van der Waals surface area contributed by atoms with E-state index in [9.17, 15) is 8.42 Å². The highest BCUT2D eigenvalue weighted by Gasteiger charge is 2.31. The lowest BCUT2D eigenvalue weighted by Gasteiger charge is -2.32. The Kier molecular flexibility index (Phi) is 5.46. The Morgan fingerprint density at radius 1 is 1.38 bits per heavy atom. The molecule has 7 heteroatoms. The van der Waals surface area contributed by atoms with E-state index in [1.165, 1.54) is 18.7 Å². The van der Waals surface area contributed by atoms with Gasteiger partial charge in [-0.25, -0.2) is 13.4 Å². The molecule has 0 unspecified atom stereocenters. The standard InChI is InChI=1S/C14H22ClN3O2S/c1-3-18(11-7-5-4-6-8-11)21(19,20)12-9-13(15)14(16-2)17-10-12/h9-11H,3-8H2,1-2H3,(H,16,17). The number of hydrogen-bond donors (Lipinski definition) is 1. The topological polar surface area (TPSA) is 62.3 Å². The van der Waals surface area contributed by atoms with Crippen LogP contribution in [0.5, 0.6) is 0 Å². The molecule has 1 aromatic rings. The minimum absolute atomic E-state index is 0.0940. The maximum absolute atomic E-state index is 12.8. The molecule has 0 radical (unpaired) electrons. The van der Waals surface area contributed by atoms with E-state index in [1.807, 2.05) is 6.92 Å². The van der Waals surface area contributed by atoms with Crippen molar-refractivity contribution in [1.82, 2.24) is 9.29 Å². The quantitative estimate of drug-likeness (QED) is 0.900. The Balaban J connectivity index is 2.32. The summed E-state index contributed by atoms with van der Waals surface area (Å²) >= 11 is 6.06. The predicted molar refractivity (Wildman–Crippen MR) is 85.2 cm³/mol. The van der Waals surface area contributed by atoms with E-state index in [2.05, 4.69) is 10.3 Å². The Bertz CT molecular complexity index is 586. The van der Waals surface area contributed by atoms with Gasteiger partial charge in [0.25, 0.3) is 0 Å². The van der Waals surface area contributed by atoms with E-state index in [4.69, 9.17) is 11.6 Å². The zero-order valence-electron chi connectivity index (χ0n) is 12.5. The largest absolute Gasteiger partial charge is 0.372 e. The average molecular weight is 332 g/mol. The summed E-state index contributed by atoms with van der Waals surface area (Å²) < 4.78 is 27.2. The highest BCUT2D eigenvalue weighted by molar-refractivity contribution is 7.89. The second kappa shape index (κ2) is 6.94. The Hall–Kier alpha value is -0.850. The molecule has 1 aliphatic carbocycles. The first-order valence-corrected chi connectivity index (χ1v) is 9.17. The smallest absolute Gasteiger partial charge is 0.244 e. The summed E-state index contributed by atoms with van der Waals surface area (Å²) in [6, 6.07) is 1.57. The van der Waals surface area contributed by atoms with Crippen LogP contribution in [-0.2, 0) is 10.0 Å². The molecule has 0 aliphatic heterocycles. The van der Waals surface area contributed by atoms with Gasteiger partial charge in [0.2, 0.25) is 10.0 Å². The molecule has 1 aliphatic rings. The Labute approximate surface area is 131 Å². The summed E-state index contributed by atoms with van der Waals surface area (Å²) in [5.41, 5.74) is 0. The number of nitrogens with one attached hydrogen (secondary N) is 1. The highest BCUT2D eigenvalue weighted by atomic mass is 35.5. The number of halogens is 1. The van der Waals surface area contributed by atoms with Gasteiger partial charge in [-0.15, -0.1) is 0 Å². The minimum Gasteiger partial charge on any atom is -0.372 e. The number of sulfonamides is 1. The van der Waals surface area contributed by atoms with Crippen molar-refractivity contribution in [3.8, 4) is 0 Å². The summed E-state index contributed by atoms with van der Waals surface area (Å²) in [4.78, 5) is 4.24. The fraction of sp³-hybridized carbons (Fsp3) is 0.643. The number of aromatic nitrogens is 1. The molecule has 1 aromatic heterocycles. The molecular weight excluding hydrogens is 310 g/mol. The first-order valence-electron chi connectivity index (χ1n) is 7.35. The van der Waals surface area contributed by atoms with E-state index in [0.29, 0.717) is 17.4 Å². The molecule has 5 nitrogen and oxygen atoms in total. The zero-order chi connectivity index (χ0) is 15.5. The van der Waals surface area contributed by atoms with Crippen molar-refractivity contribution in [1.29, 1.82) is 0 Å². The normalized spacial score (nSPS) is 17.1. The van der Waals surface area contributed by atoms with Crippen molar-refractivity contribution in [2.24, 2.45) is 0 Å². The van der Waals surface area contributed by atoms with Crippen LogP contribution in [0, 0.1) is 0 Å². The fourth-order valence-corrected chi connectivity index (χ4v) is 4.87. The minimum atomic E-state index is -3.54. The summed E-state index contributed by atoms with van der Waals surface area (Å²) in [6.07, 6.45) is 6.62.